The number of anilines is 1. The van der Waals surface area contributed by atoms with Crippen LogP contribution in [0.5, 0.6) is 5.88 Å². The quantitative estimate of drug-likeness (QED) is 0.229. The minimum Gasteiger partial charge on any atom is -0.475 e. The number of halogens is 2. The molecule has 6 nitrogen and oxygen atoms in total. The molecule has 3 rings (SSSR count). The third-order valence-electron chi connectivity index (χ3n) is 6.63. The van der Waals surface area contributed by atoms with Crippen molar-refractivity contribution in [3.05, 3.63) is 65.1 Å². The van der Waals surface area contributed by atoms with Gasteiger partial charge < -0.3 is 19.4 Å². The molecule has 36 heavy (non-hydrogen) atoms. The number of benzene rings is 2. The molecule has 0 unspecified atom stereocenters. The zero-order valence-electron chi connectivity index (χ0n) is 21.8. The SMILES string of the molecule is CCN(Cc1cnc(OCCO[Si](C)(C)C(C)(C)C)c2ccccc12)C(=O)Nc1ccc(F)c(Cl)c1. The van der Waals surface area contributed by atoms with E-state index in [9.17, 15) is 9.18 Å². The number of nitrogens with one attached hydrogen (secondary N) is 1. The van der Waals surface area contributed by atoms with E-state index in [1.807, 2.05) is 31.2 Å². The van der Waals surface area contributed by atoms with Gasteiger partial charge in [0, 0.05) is 30.4 Å². The second kappa shape index (κ2) is 11.6. The minimum absolute atomic E-state index is 0.0451. The number of ether oxygens (including phenoxy) is 1. The first kappa shape index (κ1) is 27.9. The summed E-state index contributed by atoms with van der Waals surface area (Å²) >= 11 is 5.84. The van der Waals surface area contributed by atoms with Crippen molar-refractivity contribution in [3.63, 3.8) is 0 Å². The molecular formula is C27H35ClFN3O3Si. The zero-order chi connectivity index (χ0) is 26.5. The molecule has 1 N–H and O–H groups in total. The summed E-state index contributed by atoms with van der Waals surface area (Å²) in [5, 5.41) is 4.71. The average Bonchev–Trinajstić information content (AvgIpc) is 2.82. The molecule has 3 aromatic rings. The molecule has 0 fully saturated rings. The Morgan fingerprint density at radius 1 is 1.14 bits per heavy atom. The summed E-state index contributed by atoms with van der Waals surface area (Å²) in [6.07, 6.45) is 1.75. The highest BCUT2D eigenvalue weighted by Crippen LogP contribution is 2.36. The van der Waals surface area contributed by atoms with E-state index in [2.05, 4.69) is 44.2 Å². The van der Waals surface area contributed by atoms with E-state index in [4.69, 9.17) is 20.8 Å². The van der Waals surface area contributed by atoms with Gasteiger partial charge in [0.15, 0.2) is 8.32 Å². The second-order valence-electron chi connectivity index (χ2n) is 10.2. The van der Waals surface area contributed by atoms with Crippen LogP contribution in [-0.4, -0.2) is 44.0 Å². The number of carbonyl (C=O) groups is 1. The lowest BCUT2D eigenvalue weighted by Gasteiger charge is -2.36. The molecule has 0 spiro atoms. The second-order valence-corrected chi connectivity index (χ2v) is 15.4. The lowest BCUT2D eigenvalue weighted by Crippen LogP contribution is -2.41. The Bertz CT molecular complexity index is 1220. The number of fused-ring (bicyclic) bond motifs is 1. The van der Waals surface area contributed by atoms with Crippen molar-refractivity contribution in [3.8, 4) is 5.88 Å². The topological polar surface area (TPSA) is 63.7 Å². The van der Waals surface area contributed by atoms with Crippen molar-refractivity contribution >= 4 is 42.4 Å². The van der Waals surface area contributed by atoms with Crippen LogP contribution in [0.15, 0.2) is 48.7 Å². The van der Waals surface area contributed by atoms with Gasteiger partial charge in [-0.1, -0.05) is 50.6 Å². The lowest BCUT2D eigenvalue weighted by molar-refractivity contribution is 0.200. The van der Waals surface area contributed by atoms with Crippen LogP contribution < -0.4 is 10.1 Å². The van der Waals surface area contributed by atoms with E-state index in [-0.39, 0.29) is 16.1 Å². The van der Waals surface area contributed by atoms with Crippen LogP contribution in [0, 0.1) is 5.82 Å². The Morgan fingerprint density at radius 3 is 2.47 bits per heavy atom. The van der Waals surface area contributed by atoms with Crippen LogP contribution in [0.1, 0.15) is 33.3 Å². The molecule has 194 valence electrons. The Balaban J connectivity index is 1.71. The third-order valence-corrected chi connectivity index (χ3v) is 11.5. The summed E-state index contributed by atoms with van der Waals surface area (Å²) in [7, 11) is -1.84. The fourth-order valence-corrected chi connectivity index (χ4v) is 4.63. The van der Waals surface area contributed by atoms with Crippen molar-refractivity contribution in [2.45, 2.75) is 52.4 Å². The fraction of sp³-hybridized carbons (Fsp3) is 0.407. The van der Waals surface area contributed by atoms with E-state index >= 15 is 0 Å². The van der Waals surface area contributed by atoms with Crippen LogP contribution in [0.2, 0.25) is 23.2 Å². The molecule has 0 saturated heterocycles. The summed E-state index contributed by atoms with van der Waals surface area (Å²) in [5.41, 5.74) is 1.32. The van der Waals surface area contributed by atoms with Crippen molar-refractivity contribution in [1.29, 1.82) is 0 Å². The van der Waals surface area contributed by atoms with E-state index in [0.717, 1.165) is 16.3 Å². The first-order valence-corrected chi connectivity index (χ1v) is 15.4. The highest BCUT2D eigenvalue weighted by molar-refractivity contribution is 6.74. The maximum atomic E-state index is 13.4. The Morgan fingerprint density at radius 2 is 1.83 bits per heavy atom. The molecule has 9 heteroatoms. The summed E-state index contributed by atoms with van der Waals surface area (Å²) in [4.78, 5) is 19.1. The number of aromatic nitrogens is 1. The molecule has 0 aliphatic rings. The zero-order valence-corrected chi connectivity index (χ0v) is 23.6. The van der Waals surface area contributed by atoms with Gasteiger partial charge in [-0.15, -0.1) is 0 Å². The number of hydrogen-bond donors (Lipinski definition) is 1. The number of pyridine rings is 1. The van der Waals surface area contributed by atoms with Crippen molar-refractivity contribution in [2.24, 2.45) is 0 Å². The van der Waals surface area contributed by atoms with Crippen molar-refractivity contribution in [2.75, 3.05) is 25.1 Å². The fourth-order valence-electron chi connectivity index (χ4n) is 3.43. The number of hydrogen-bond acceptors (Lipinski definition) is 4. The summed E-state index contributed by atoms with van der Waals surface area (Å²) in [5.74, 6) is 0.00931. The van der Waals surface area contributed by atoms with Crippen molar-refractivity contribution < 1.29 is 18.3 Å². The number of amides is 2. The number of urea groups is 1. The van der Waals surface area contributed by atoms with E-state index in [0.29, 0.717) is 37.9 Å². The summed E-state index contributed by atoms with van der Waals surface area (Å²) in [6, 6.07) is 11.6. The van der Waals surface area contributed by atoms with E-state index in [1.54, 1.807) is 11.1 Å². The Hall–Kier alpha value is -2.68. The monoisotopic (exact) mass is 531 g/mol. The third kappa shape index (κ3) is 6.75. The van der Waals surface area contributed by atoms with Gasteiger partial charge in [0.1, 0.15) is 12.4 Å². The van der Waals surface area contributed by atoms with Gasteiger partial charge in [-0.3, -0.25) is 0 Å². The maximum Gasteiger partial charge on any atom is 0.322 e. The van der Waals surface area contributed by atoms with Crippen molar-refractivity contribution in [1.82, 2.24) is 9.88 Å². The molecule has 0 bridgehead atoms. The maximum absolute atomic E-state index is 13.4. The molecule has 0 aliphatic heterocycles. The van der Waals surface area contributed by atoms with Crippen LogP contribution in [0.4, 0.5) is 14.9 Å². The van der Waals surface area contributed by atoms with Gasteiger partial charge in [0.25, 0.3) is 0 Å². The highest BCUT2D eigenvalue weighted by Gasteiger charge is 2.36. The van der Waals surface area contributed by atoms with Gasteiger partial charge in [0.05, 0.1) is 11.6 Å². The predicted molar refractivity (Wildman–Crippen MR) is 147 cm³/mol. The Labute approximate surface area is 218 Å². The molecule has 2 amide bonds. The number of carbonyl (C=O) groups excluding carboxylic acids is 1. The van der Waals surface area contributed by atoms with Crippen LogP contribution in [0.3, 0.4) is 0 Å². The van der Waals surface area contributed by atoms with Gasteiger partial charge >= 0.3 is 6.03 Å². The smallest absolute Gasteiger partial charge is 0.322 e. The molecule has 0 saturated carbocycles. The van der Waals surface area contributed by atoms with Gasteiger partial charge in [-0.05, 0) is 60.3 Å². The molecule has 0 radical (unpaired) electrons. The first-order valence-electron chi connectivity index (χ1n) is 12.1. The van der Waals surface area contributed by atoms with Crippen LogP contribution >= 0.6 is 11.6 Å². The standard InChI is InChI=1S/C27H35ClFN3O3Si/c1-7-32(26(33)31-20-12-13-24(29)23(28)16-20)18-19-17-30-25(22-11-9-8-10-21(19)22)34-14-15-35-36(5,6)27(2,3)4/h8-13,16-17H,7,14-15,18H2,1-6H3,(H,31,33). The summed E-state index contributed by atoms with van der Waals surface area (Å²) < 4.78 is 25.7. The van der Waals surface area contributed by atoms with Gasteiger partial charge in [-0.2, -0.15) is 0 Å². The average molecular weight is 532 g/mol. The largest absolute Gasteiger partial charge is 0.475 e. The summed E-state index contributed by atoms with van der Waals surface area (Å²) in [6.45, 7) is 14.7. The molecule has 0 aliphatic carbocycles. The van der Waals surface area contributed by atoms with E-state index < -0.39 is 14.1 Å². The molecule has 0 atom stereocenters. The first-order chi connectivity index (χ1) is 16.9. The molecule has 1 aromatic heterocycles. The minimum atomic E-state index is -1.84. The van der Waals surface area contributed by atoms with Gasteiger partial charge in [0.2, 0.25) is 5.88 Å². The van der Waals surface area contributed by atoms with Crippen LogP contribution in [0.25, 0.3) is 10.8 Å². The predicted octanol–water partition coefficient (Wildman–Crippen LogP) is 7.48. The van der Waals surface area contributed by atoms with Crippen LogP contribution in [-0.2, 0) is 11.0 Å². The number of rotatable bonds is 9. The lowest BCUT2D eigenvalue weighted by atomic mass is 10.1. The highest BCUT2D eigenvalue weighted by atomic mass is 35.5. The number of nitrogens with zero attached hydrogens (tertiary/aromatic N) is 2. The Kier molecular flexibility index (Phi) is 8.97. The van der Waals surface area contributed by atoms with E-state index in [1.165, 1.54) is 18.2 Å². The normalized spacial score (nSPS) is 12.0. The molecule has 2 aromatic carbocycles. The van der Waals surface area contributed by atoms with Gasteiger partial charge in [-0.25, -0.2) is 14.2 Å². The molecular weight excluding hydrogens is 497 g/mol. The molecule has 1 heterocycles.